The van der Waals surface area contributed by atoms with E-state index < -0.39 is 0 Å². The van der Waals surface area contributed by atoms with Crippen molar-refractivity contribution < 1.29 is 5.11 Å². The molecule has 1 aliphatic heterocycles. The van der Waals surface area contributed by atoms with Crippen molar-refractivity contribution in [3.05, 3.63) is 29.6 Å². The van der Waals surface area contributed by atoms with E-state index in [1.54, 1.807) is 6.20 Å². The number of nitrogens with zero attached hydrogens (tertiary/aromatic N) is 2. The predicted octanol–water partition coefficient (Wildman–Crippen LogP) is 0.0216. The average molecular weight is 221 g/mol. The summed E-state index contributed by atoms with van der Waals surface area (Å²) >= 11 is 0. The second-order valence-electron chi connectivity index (χ2n) is 4.16. The highest BCUT2D eigenvalue weighted by molar-refractivity contribution is 5.16. The topological polar surface area (TPSA) is 48.4 Å². The molecule has 4 nitrogen and oxygen atoms in total. The molecule has 4 heteroatoms. The molecular weight excluding hydrogens is 202 g/mol. The van der Waals surface area contributed by atoms with Crippen LogP contribution in [0.4, 0.5) is 0 Å². The Morgan fingerprint density at radius 2 is 2.19 bits per heavy atom. The third-order valence-corrected chi connectivity index (χ3v) is 2.97. The summed E-state index contributed by atoms with van der Waals surface area (Å²) < 4.78 is 0. The molecule has 2 N–H and O–H groups in total. The Morgan fingerprint density at radius 3 is 2.94 bits per heavy atom. The Bertz CT molecular complexity index is 324. The van der Waals surface area contributed by atoms with Gasteiger partial charge in [0.05, 0.1) is 12.3 Å². The minimum atomic E-state index is 0.0292. The number of piperazine rings is 1. The van der Waals surface area contributed by atoms with E-state index in [0.29, 0.717) is 0 Å². The molecule has 88 valence electrons. The minimum Gasteiger partial charge on any atom is -0.390 e. The molecule has 1 aromatic rings. The van der Waals surface area contributed by atoms with Gasteiger partial charge in [-0.3, -0.25) is 4.98 Å². The molecule has 0 radical (unpaired) electrons. The van der Waals surface area contributed by atoms with Gasteiger partial charge in [0.15, 0.2) is 0 Å². The molecule has 0 spiro atoms. The van der Waals surface area contributed by atoms with E-state index >= 15 is 0 Å². The van der Waals surface area contributed by atoms with Gasteiger partial charge in [-0.25, -0.2) is 0 Å². The Morgan fingerprint density at radius 1 is 1.38 bits per heavy atom. The average Bonchev–Trinajstić information content (AvgIpc) is 2.38. The minimum absolute atomic E-state index is 0.0292. The number of aliphatic hydroxyl groups is 1. The van der Waals surface area contributed by atoms with Crippen molar-refractivity contribution in [3.63, 3.8) is 0 Å². The van der Waals surface area contributed by atoms with Crippen molar-refractivity contribution in [1.82, 2.24) is 15.2 Å². The number of rotatable bonds is 4. The van der Waals surface area contributed by atoms with E-state index in [2.05, 4.69) is 15.2 Å². The molecule has 0 amide bonds. The molecule has 1 saturated heterocycles. The van der Waals surface area contributed by atoms with Crippen LogP contribution in [-0.4, -0.2) is 47.7 Å². The van der Waals surface area contributed by atoms with Crippen LogP contribution in [0.1, 0.15) is 11.3 Å². The lowest BCUT2D eigenvalue weighted by Crippen LogP contribution is -2.44. The third kappa shape index (κ3) is 3.27. The second-order valence-corrected chi connectivity index (χ2v) is 4.16. The number of pyridine rings is 1. The summed E-state index contributed by atoms with van der Waals surface area (Å²) in [5.41, 5.74) is 2.02. The van der Waals surface area contributed by atoms with Crippen molar-refractivity contribution in [3.8, 4) is 0 Å². The summed E-state index contributed by atoms with van der Waals surface area (Å²) in [7, 11) is 0. The molecule has 0 aliphatic carbocycles. The molecule has 0 aromatic carbocycles. The Hall–Kier alpha value is -0.970. The van der Waals surface area contributed by atoms with Crippen LogP contribution in [0.3, 0.4) is 0 Å². The molecular formula is C12H19N3O. The smallest absolute Gasteiger partial charge is 0.0853 e. The van der Waals surface area contributed by atoms with Crippen LogP contribution in [0.2, 0.25) is 0 Å². The Kier molecular flexibility index (Phi) is 4.27. The monoisotopic (exact) mass is 221 g/mol. The fourth-order valence-electron chi connectivity index (χ4n) is 1.99. The molecule has 0 bridgehead atoms. The molecule has 2 rings (SSSR count). The van der Waals surface area contributed by atoms with Crippen LogP contribution in [0.5, 0.6) is 0 Å². The molecule has 1 fully saturated rings. The first-order valence-corrected chi connectivity index (χ1v) is 5.86. The van der Waals surface area contributed by atoms with Gasteiger partial charge in [0.2, 0.25) is 0 Å². The number of hydrogen-bond acceptors (Lipinski definition) is 4. The first-order chi connectivity index (χ1) is 7.88. The molecule has 0 saturated carbocycles. The van der Waals surface area contributed by atoms with Crippen LogP contribution < -0.4 is 5.32 Å². The Labute approximate surface area is 96.3 Å². The lowest BCUT2D eigenvalue weighted by atomic mass is 10.1. The molecule has 1 aliphatic rings. The number of nitrogens with one attached hydrogen (secondary N) is 1. The maximum absolute atomic E-state index is 9.00. The highest BCUT2D eigenvalue weighted by Gasteiger charge is 2.08. The van der Waals surface area contributed by atoms with E-state index in [-0.39, 0.29) is 6.61 Å². The lowest BCUT2D eigenvalue weighted by Gasteiger charge is -2.27. The van der Waals surface area contributed by atoms with Gasteiger partial charge in [0.1, 0.15) is 0 Å². The fraction of sp³-hybridized carbons (Fsp3) is 0.583. The standard InChI is InChI=1S/C12H19N3O/c16-10-12-9-11(1-3-14-12)2-6-15-7-4-13-5-8-15/h1,3,9,13,16H,2,4-8,10H2. The van der Waals surface area contributed by atoms with E-state index in [1.807, 2.05) is 12.1 Å². The summed E-state index contributed by atoms with van der Waals surface area (Å²) in [5, 5.41) is 12.3. The second kappa shape index (κ2) is 5.94. The summed E-state index contributed by atoms with van der Waals surface area (Å²) in [4.78, 5) is 6.55. The number of aliphatic hydroxyl groups excluding tert-OH is 1. The molecule has 0 atom stereocenters. The van der Waals surface area contributed by atoms with Crippen LogP contribution in [0, 0.1) is 0 Å². The van der Waals surface area contributed by atoms with Crippen LogP contribution >= 0.6 is 0 Å². The zero-order valence-electron chi connectivity index (χ0n) is 9.52. The maximum atomic E-state index is 9.00. The van der Waals surface area contributed by atoms with Crippen molar-refractivity contribution in [1.29, 1.82) is 0 Å². The molecule has 2 heterocycles. The quantitative estimate of drug-likeness (QED) is 0.752. The Balaban J connectivity index is 1.83. The summed E-state index contributed by atoms with van der Waals surface area (Å²) in [5.74, 6) is 0. The molecule has 16 heavy (non-hydrogen) atoms. The lowest BCUT2D eigenvalue weighted by molar-refractivity contribution is 0.243. The van der Waals surface area contributed by atoms with Gasteiger partial charge in [0, 0.05) is 38.9 Å². The van der Waals surface area contributed by atoms with Gasteiger partial charge in [-0.2, -0.15) is 0 Å². The zero-order valence-corrected chi connectivity index (χ0v) is 9.52. The summed E-state index contributed by atoms with van der Waals surface area (Å²) in [6.07, 6.45) is 2.81. The largest absolute Gasteiger partial charge is 0.390 e. The van der Waals surface area contributed by atoms with E-state index in [4.69, 9.17) is 5.11 Å². The first-order valence-electron chi connectivity index (χ1n) is 5.86. The highest BCUT2D eigenvalue weighted by Crippen LogP contribution is 2.04. The maximum Gasteiger partial charge on any atom is 0.0853 e. The van der Waals surface area contributed by atoms with Crippen molar-refractivity contribution in [2.45, 2.75) is 13.0 Å². The first kappa shape index (κ1) is 11.5. The number of hydrogen-bond donors (Lipinski definition) is 2. The van der Waals surface area contributed by atoms with Gasteiger partial charge < -0.3 is 15.3 Å². The van der Waals surface area contributed by atoms with Crippen molar-refractivity contribution in [2.24, 2.45) is 0 Å². The normalized spacial score (nSPS) is 17.6. The van der Waals surface area contributed by atoms with Gasteiger partial charge in [0.25, 0.3) is 0 Å². The van der Waals surface area contributed by atoms with Crippen molar-refractivity contribution >= 4 is 0 Å². The third-order valence-electron chi connectivity index (χ3n) is 2.97. The van der Waals surface area contributed by atoms with Crippen LogP contribution in [0.15, 0.2) is 18.3 Å². The SMILES string of the molecule is OCc1cc(CCN2CCNCC2)ccn1. The van der Waals surface area contributed by atoms with Crippen LogP contribution in [-0.2, 0) is 13.0 Å². The number of aromatic nitrogens is 1. The highest BCUT2D eigenvalue weighted by atomic mass is 16.3. The van der Waals surface area contributed by atoms with Crippen LogP contribution in [0.25, 0.3) is 0 Å². The van der Waals surface area contributed by atoms with Gasteiger partial charge in [-0.15, -0.1) is 0 Å². The van der Waals surface area contributed by atoms with Gasteiger partial charge in [-0.1, -0.05) is 0 Å². The zero-order chi connectivity index (χ0) is 11.2. The fourth-order valence-corrected chi connectivity index (χ4v) is 1.99. The van der Waals surface area contributed by atoms with Gasteiger partial charge >= 0.3 is 0 Å². The summed E-state index contributed by atoms with van der Waals surface area (Å²) in [6, 6.07) is 4.02. The van der Waals surface area contributed by atoms with Crippen molar-refractivity contribution in [2.75, 3.05) is 32.7 Å². The molecule has 0 unspecified atom stereocenters. The summed E-state index contributed by atoms with van der Waals surface area (Å²) in [6.45, 7) is 5.59. The van der Waals surface area contributed by atoms with E-state index in [9.17, 15) is 0 Å². The predicted molar refractivity (Wildman–Crippen MR) is 63.2 cm³/mol. The van der Waals surface area contributed by atoms with E-state index in [0.717, 1.165) is 44.8 Å². The van der Waals surface area contributed by atoms with E-state index in [1.165, 1.54) is 5.56 Å². The van der Waals surface area contributed by atoms with Gasteiger partial charge in [-0.05, 0) is 24.1 Å². The molecule has 1 aromatic heterocycles.